The lowest BCUT2D eigenvalue weighted by molar-refractivity contribution is -0.143. The zero-order valence-electron chi connectivity index (χ0n) is 10.2. The van der Waals surface area contributed by atoms with Gasteiger partial charge in [-0.25, -0.2) is 0 Å². The Hall–Kier alpha value is -1.55. The van der Waals surface area contributed by atoms with E-state index >= 15 is 0 Å². The molecule has 0 amide bonds. The summed E-state index contributed by atoms with van der Waals surface area (Å²) in [5.74, 6) is -0.661. The second kappa shape index (κ2) is 6.91. The molecular weight excluding hydrogens is 220 g/mol. The van der Waals surface area contributed by atoms with Gasteiger partial charge in [0, 0.05) is 6.61 Å². The van der Waals surface area contributed by atoms with E-state index in [2.05, 4.69) is 0 Å². The fourth-order valence-corrected chi connectivity index (χ4v) is 1.61. The van der Waals surface area contributed by atoms with E-state index < -0.39 is 11.9 Å². The molecule has 0 saturated heterocycles. The molecule has 4 nitrogen and oxygen atoms in total. The van der Waals surface area contributed by atoms with E-state index in [0.717, 1.165) is 11.3 Å². The zero-order valence-corrected chi connectivity index (χ0v) is 10.2. The van der Waals surface area contributed by atoms with Crippen LogP contribution in [-0.4, -0.2) is 31.4 Å². The fourth-order valence-electron chi connectivity index (χ4n) is 1.61. The van der Waals surface area contributed by atoms with Gasteiger partial charge in [0.25, 0.3) is 0 Å². The molecule has 0 saturated carbocycles. The molecule has 0 bridgehead atoms. The summed E-state index contributed by atoms with van der Waals surface area (Å²) >= 11 is 0. The summed E-state index contributed by atoms with van der Waals surface area (Å²) in [5, 5.41) is 9.10. The number of aliphatic carboxylic acids is 1. The van der Waals surface area contributed by atoms with Crippen LogP contribution in [0.1, 0.15) is 12.5 Å². The molecule has 0 aliphatic heterocycles. The van der Waals surface area contributed by atoms with Crippen molar-refractivity contribution in [1.82, 2.24) is 0 Å². The lowest BCUT2D eigenvalue weighted by Crippen LogP contribution is -2.22. The monoisotopic (exact) mass is 238 g/mol. The predicted molar refractivity (Wildman–Crippen MR) is 64.3 cm³/mol. The smallest absolute Gasteiger partial charge is 0.309 e. The molecule has 1 rings (SSSR count). The summed E-state index contributed by atoms with van der Waals surface area (Å²) in [6.45, 7) is 2.60. The summed E-state index contributed by atoms with van der Waals surface area (Å²) in [7, 11) is 1.58. The number of methoxy groups -OCH3 is 1. The quantitative estimate of drug-likeness (QED) is 0.789. The highest BCUT2D eigenvalue weighted by Gasteiger charge is 2.19. The number of carboxylic acid groups (broad SMARTS) is 1. The van der Waals surface area contributed by atoms with E-state index in [0.29, 0.717) is 13.0 Å². The third kappa shape index (κ3) is 4.07. The van der Waals surface area contributed by atoms with Crippen molar-refractivity contribution in [1.29, 1.82) is 0 Å². The number of carbonyl (C=O) groups is 1. The maximum absolute atomic E-state index is 11.1. The van der Waals surface area contributed by atoms with Gasteiger partial charge in [-0.3, -0.25) is 4.79 Å². The topological polar surface area (TPSA) is 55.8 Å². The van der Waals surface area contributed by atoms with Crippen LogP contribution in [0.3, 0.4) is 0 Å². The number of rotatable bonds is 7. The Morgan fingerprint density at radius 1 is 1.41 bits per heavy atom. The molecule has 94 valence electrons. The van der Waals surface area contributed by atoms with Gasteiger partial charge in [-0.05, 0) is 25.0 Å². The molecule has 0 spiro atoms. The molecule has 1 unspecified atom stereocenters. The maximum atomic E-state index is 11.1. The molecule has 0 fully saturated rings. The third-order valence-electron chi connectivity index (χ3n) is 2.53. The van der Waals surface area contributed by atoms with Crippen LogP contribution < -0.4 is 4.74 Å². The highest BCUT2D eigenvalue weighted by atomic mass is 16.5. The summed E-state index contributed by atoms with van der Waals surface area (Å²) < 4.78 is 10.4. The van der Waals surface area contributed by atoms with E-state index in [4.69, 9.17) is 14.6 Å². The molecule has 1 aromatic rings. The van der Waals surface area contributed by atoms with Crippen molar-refractivity contribution in [3.05, 3.63) is 29.8 Å². The number of carboxylic acids is 1. The molecule has 4 heteroatoms. The van der Waals surface area contributed by atoms with Crippen LogP contribution in [0, 0.1) is 5.92 Å². The minimum absolute atomic E-state index is 0.226. The molecule has 1 atom stereocenters. The first-order chi connectivity index (χ1) is 8.19. The minimum Gasteiger partial charge on any atom is -0.496 e. The zero-order chi connectivity index (χ0) is 12.7. The number of hydrogen-bond acceptors (Lipinski definition) is 3. The average molecular weight is 238 g/mol. The lowest BCUT2D eigenvalue weighted by atomic mass is 9.99. The lowest BCUT2D eigenvalue weighted by Gasteiger charge is -2.14. The van der Waals surface area contributed by atoms with Crippen molar-refractivity contribution in [3.8, 4) is 5.75 Å². The summed E-state index contributed by atoms with van der Waals surface area (Å²) in [6.07, 6.45) is 0.416. The average Bonchev–Trinajstić information content (AvgIpc) is 2.34. The minimum atomic E-state index is -0.843. The predicted octanol–water partition coefficient (Wildman–Crippen LogP) is 1.98. The first-order valence-electron chi connectivity index (χ1n) is 5.61. The SMILES string of the molecule is CCOCC(Cc1ccccc1OC)C(=O)O. The van der Waals surface area contributed by atoms with Gasteiger partial charge in [0.15, 0.2) is 0 Å². The van der Waals surface area contributed by atoms with Crippen LogP contribution in [0.4, 0.5) is 0 Å². The Bertz CT molecular complexity index is 362. The second-order valence-electron chi connectivity index (χ2n) is 3.71. The van der Waals surface area contributed by atoms with Crippen molar-refractivity contribution in [2.45, 2.75) is 13.3 Å². The third-order valence-corrected chi connectivity index (χ3v) is 2.53. The van der Waals surface area contributed by atoms with Gasteiger partial charge in [0.2, 0.25) is 0 Å². The standard InChI is InChI=1S/C13H18O4/c1-3-17-9-11(13(14)15)8-10-6-4-5-7-12(10)16-2/h4-7,11H,3,8-9H2,1-2H3,(H,14,15). The Labute approximate surface area is 101 Å². The number of hydrogen-bond donors (Lipinski definition) is 1. The summed E-state index contributed by atoms with van der Waals surface area (Å²) in [6, 6.07) is 7.44. The molecule has 1 N–H and O–H groups in total. The Kier molecular flexibility index (Phi) is 5.49. The van der Waals surface area contributed by atoms with Crippen molar-refractivity contribution in [2.24, 2.45) is 5.92 Å². The Morgan fingerprint density at radius 3 is 2.71 bits per heavy atom. The number of ether oxygens (including phenoxy) is 2. The van der Waals surface area contributed by atoms with Gasteiger partial charge in [-0.2, -0.15) is 0 Å². The normalized spacial score (nSPS) is 12.1. The van der Waals surface area contributed by atoms with Crippen molar-refractivity contribution in [2.75, 3.05) is 20.3 Å². The maximum Gasteiger partial charge on any atom is 0.309 e. The van der Waals surface area contributed by atoms with Crippen LogP contribution in [-0.2, 0) is 16.0 Å². The van der Waals surface area contributed by atoms with Gasteiger partial charge in [-0.1, -0.05) is 18.2 Å². The van der Waals surface area contributed by atoms with E-state index in [1.54, 1.807) is 7.11 Å². The molecular formula is C13H18O4. The summed E-state index contributed by atoms with van der Waals surface area (Å²) in [4.78, 5) is 11.1. The molecule has 17 heavy (non-hydrogen) atoms. The highest BCUT2D eigenvalue weighted by molar-refractivity contribution is 5.70. The van der Waals surface area contributed by atoms with E-state index in [1.165, 1.54) is 0 Å². The molecule has 0 radical (unpaired) electrons. The van der Waals surface area contributed by atoms with E-state index in [9.17, 15) is 4.79 Å². The van der Waals surface area contributed by atoms with Gasteiger partial charge in [0.05, 0.1) is 19.6 Å². The van der Waals surface area contributed by atoms with Crippen molar-refractivity contribution < 1.29 is 19.4 Å². The fraction of sp³-hybridized carbons (Fsp3) is 0.462. The van der Waals surface area contributed by atoms with E-state index in [1.807, 2.05) is 31.2 Å². The van der Waals surface area contributed by atoms with Crippen LogP contribution in [0.15, 0.2) is 24.3 Å². The van der Waals surface area contributed by atoms with Gasteiger partial charge in [0.1, 0.15) is 5.75 Å². The Balaban J connectivity index is 2.74. The van der Waals surface area contributed by atoms with Crippen LogP contribution in [0.5, 0.6) is 5.75 Å². The molecule has 0 aliphatic rings. The molecule has 0 aromatic heterocycles. The van der Waals surface area contributed by atoms with E-state index in [-0.39, 0.29) is 6.61 Å². The summed E-state index contributed by atoms with van der Waals surface area (Å²) in [5.41, 5.74) is 0.891. The first kappa shape index (κ1) is 13.5. The Morgan fingerprint density at radius 2 is 2.12 bits per heavy atom. The van der Waals surface area contributed by atoms with Crippen LogP contribution in [0.25, 0.3) is 0 Å². The molecule has 1 aromatic carbocycles. The van der Waals surface area contributed by atoms with Gasteiger partial charge >= 0.3 is 5.97 Å². The largest absolute Gasteiger partial charge is 0.496 e. The number of para-hydroxylation sites is 1. The number of benzene rings is 1. The van der Waals surface area contributed by atoms with Crippen molar-refractivity contribution in [3.63, 3.8) is 0 Å². The molecule has 0 heterocycles. The first-order valence-corrected chi connectivity index (χ1v) is 5.61. The highest BCUT2D eigenvalue weighted by Crippen LogP contribution is 2.21. The van der Waals surface area contributed by atoms with Gasteiger partial charge < -0.3 is 14.6 Å². The van der Waals surface area contributed by atoms with Gasteiger partial charge in [-0.15, -0.1) is 0 Å². The molecule has 0 aliphatic carbocycles. The van der Waals surface area contributed by atoms with Crippen LogP contribution in [0.2, 0.25) is 0 Å². The van der Waals surface area contributed by atoms with Crippen molar-refractivity contribution >= 4 is 5.97 Å². The second-order valence-corrected chi connectivity index (χ2v) is 3.71. The van der Waals surface area contributed by atoms with Crippen LogP contribution >= 0.6 is 0 Å².